The number of nitrogens with one attached hydrogen (secondary N) is 1. The van der Waals surface area contributed by atoms with Gasteiger partial charge in [0.25, 0.3) is 30.4 Å². The largest absolute Gasteiger partial charge is 1.00 e. The molecule has 1 aliphatic heterocycles. The second kappa shape index (κ2) is 14.6. The molecule has 1 aromatic heterocycles. The third kappa shape index (κ3) is 8.49. The summed E-state index contributed by atoms with van der Waals surface area (Å²) in [6, 6.07) is 0. The van der Waals surface area contributed by atoms with E-state index in [9.17, 15) is 48.5 Å². The van der Waals surface area contributed by atoms with E-state index < -0.39 is 69.1 Å². The second-order valence-electron chi connectivity index (χ2n) is 8.30. The summed E-state index contributed by atoms with van der Waals surface area (Å²) in [5, 5.41) is -4.16. The SMILES string of the molecule is C[N+](C(=O)C1=CC(=NC(=O)c2ncc[nH]2)C=N1)=C1C=CC(S(=O)(=O)O)C2=CC(S(=O)(=O)O)=CC(S(=O)(=O)O)C21.[H-].[H-].[H-].[Na+].[Na+].[Na+]. The first-order valence-corrected chi connectivity index (χ1v) is 15.0. The van der Waals surface area contributed by atoms with Gasteiger partial charge in [-0.2, -0.15) is 29.8 Å². The van der Waals surface area contributed by atoms with E-state index >= 15 is 0 Å². The van der Waals surface area contributed by atoms with E-state index in [1.165, 1.54) is 12.4 Å². The number of amides is 2. The normalized spacial score (nSPS) is 23.8. The maximum atomic E-state index is 13.2. The number of aliphatic imine (C=N–C) groups is 2. The summed E-state index contributed by atoms with van der Waals surface area (Å²) >= 11 is 0. The zero-order valence-corrected chi connectivity index (χ0v) is 30.9. The summed E-state index contributed by atoms with van der Waals surface area (Å²) in [7, 11) is -14.1. The number of carbonyl (C=O) groups is 2. The van der Waals surface area contributed by atoms with Crippen molar-refractivity contribution in [1.29, 1.82) is 0 Å². The molecule has 212 valence electrons. The van der Waals surface area contributed by atoms with Crippen molar-refractivity contribution in [2.24, 2.45) is 15.9 Å². The fraction of sp³-hybridized carbons (Fsp3) is 0.200. The Morgan fingerprint density at radius 1 is 1.02 bits per heavy atom. The minimum absolute atomic E-state index is 0. The van der Waals surface area contributed by atoms with Crippen LogP contribution in [0.5, 0.6) is 0 Å². The maximum absolute atomic E-state index is 13.2. The van der Waals surface area contributed by atoms with Crippen LogP contribution in [0, 0.1) is 5.92 Å². The molecule has 0 saturated heterocycles. The predicted molar refractivity (Wildman–Crippen MR) is 137 cm³/mol. The van der Waals surface area contributed by atoms with Gasteiger partial charge in [0.15, 0.2) is 17.2 Å². The van der Waals surface area contributed by atoms with Crippen LogP contribution in [-0.2, 0) is 35.1 Å². The van der Waals surface area contributed by atoms with Crippen molar-refractivity contribution < 1.29 is 146 Å². The van der Waals surface area contributed by atoms with E-state index in [1.807, 2.05) is 0 Å². The zero-order chi connectivity index (χ0) is 28.9. The van der Waals surface area contributed by atoms with E-state index in [2.05, 4.69) is 20.0 Å². The first kappa shape index (κ1) is 39.3. The third-order valence-corrected chi connectivity index (χ3v) is 8.86. The second-order valence-corrected chi connectivity index (χ2v) is 12.8. The average molecular weight is 673 g/mol. The summed E-state index contributed by atoms with van der Waals surface area (Å²) in [5.41, 5.74) is -1.06. The van der Waals surface area contributed by atoms with Crippen LogP contribution < -0.4 is 88.7 Å². The van der Waals surface area contributed by atoms with Gasteiger partial charge in [-0.3, -0.25) is 18.5 Å². The molecular formula is C20H21N5Na3O11S3+. The van der Waals surface area contributed by atoms with E-state index in [4.69, 9.17) is 0 Å². The number of likely N-dealkylation sites (N-methyl/N-ethyl adjacent to an activating group) is 1. The molecule has 0 spiro atoms. The number of hydrogen-bond acceptors (Lipinski definition) is 10. The van der Waals surface area contributed by atoms with Gasteiger partial charge in [0.2, 0.25) is 0 Å². The molecule has 1 aromatic rings. The molecule has 2 heterocycles. The molecule has 3 unspecified atom stereocenters. The Hall–Kier alpha value is -0.750. The summed E-state index contributed by atoms with van der Waals surface area (Å²) in [6.45, 7) is 0. The number of hydrogen-bond donors (Lipinski definition) is 4. The van der Waals surface area contributed by atoms with Crippen LogP contribution in [0.15, 0.2) is 68.9 Å². The molecule has 22 heteroatoms. The number of aromatic amines is 1. The monoisotopic (exact) mass is 672 g/mol. The first-order valence-electron chi connectivity index (χ1n) is 10.5. The summed E-state index contributed by atoms with van der Waals surface area (Å²) in [4.78, 5) is 38.3. The number of rotatable bonds is 5. The summed E-state index contributed by atoms with van der Waals surface area (Å²) < 4.78 is 102. The van der Waals surface area contributed by atoms with Gasteiger partial charge in [0.05, 0.1) is 22.7 Å². The number of carbonyl (C=O) groups excluding carboxylic acids is 2. The summed E-state index contributed by atoms with van der Waals surface area (Å²) in [6.07, 6.45) is 7.98. The third-order valence-electron chi connectivity index (χ3n) is 5.84. The molecule has 3 atom stereocenters. The standard InChI is InChI=1S/C20H17N5O11S3.3Na.3H/c1-25(20(27)13-6-10(9-23-13)24-19(26)18-21-4-5-22-18)14-2-3-15(38(31,32)33)12-7-11(37(28,29)30)8-16(17(12)14)39(34,35)36;;;;;;/h2-9,15-17H,1H3,(H3-,21,22,26,28,29,30,31,32,33,34,35,36);;;;;;/q;3*+1;3*-1/p+1. The van der Waals surface area contributed by atoms with Crippen molar-refractivity contribution in [3.05, 3.63) is 64.8 Å². The quantitative estimate of drug-likeness (QED) is 0.129. The van der Waals surface area contributed by atoms with E-state index in [-0.39, 0.29) is 116 Å². The number of fused-ring (bicyclic) bond motifs is 1. The fourth-order valence-electron chi connectivity index (χ4n) is 4.13. The molecule has 3 aliphatic rings. The molecule has 2 aliphatic carbocycles. The van der Waals surface area contributed by atoms with E-state index in [0.717, 1.165) is 36.1 Å². The van der Waals surface area contributed by atoms with Crippen LogP contribution in [0.4, 0.5) is 0 Å². The number of allylic oxidation sites excluding steroid dienone is 3. The van der Waals surface area contributed by atoms with Crippen molar-refractivity contribution in [2.45, 2.75) is 10.5 Å². The molecule has 4 N–H and O–H groups in total. The Morgan fingerprint density at radius 3 is 2.19 bits per heavy atom. The van der Waals surface area contributed by atoms with Crippen molar-refractivity contribution >= 4 is 59.8 Å². The minimum Gasteiger partial charge on any atom is -1.00 e. The van der Waals surface area contributed by atoms with Crippen LogP contribution in [-0.4, -0.2) is 100 Å². The van der Waals surface area contributed by atoms with Gasteiger partial charge in [-0.25, -0.2) is 19.8 Å². The Morgan fingerprint density at radius 2 is 1.67 bits per heavy atom. The number of imidazole rings is 1. The van der Waals surface area contributed by atoms with Gasteiger partial charge >= 0.3 is 100 Å². The fourth-order valence-corrected chi connectivity index (χ4v) is 6.61. The summed E-state index contributed by atoms with van der Waals surface area (Å²) in [5.74, 6) is -3.40. The Balaban J connectivity index is -0.00000294. The van der Waals surface area contributed by atoms with Crippen molar-refractivity contribution in [3.8, 4) is 0 Å². The van der Waals surface area contributed by atoms with Crippen LogP contribution >= 0.6 is 0 Å². The molecule has 0 radical (unpaired) electrons. The zero-order valence-electron chi connectivity index (χ0n) is 25.5. The maximum Gasteiger partial charge on any atom is 1.00 e. The smallest absolute Gasteiger partial charge is 1.00 e. The molecule has 0 saturated carbocycles. The van der Waals surface area contributed by atoms with Gasteiger partial charge in [-0.1, -0.05) is 6.08 Å². The molecular weight excluding hydrogens is 651 g/mol. The number of nitrogens with zero attached hydrogens (tertiary/aromatic N) is 4. The Kier molecular flexibility index (Phi) is 13.6. The van der Waals surface area contributed by atoms with Crippen molar-refractivity contribution in [1.82, 2.24) is 9.97 Å². The molecule has 0 bridgehead atoms. The molecule has 4 rings (SSSR count). The Labute approximate surface area is 310 Å². The first-order chi connectivity index (χ1) is 18.0. The van der Waals surface area contributed by atoms with Crippen LogP contribution in [0.25, 0.3) is 0 Å². The van der Waals surface area contributed by atoms with E-state index in [1.54, 1.807) is 0 Å². The molecule has 0 fully saturated rings. The predicted octanol–water partition coefficient (Wildman–Crippen LogP) is -9.67. The Bertz CT molecular complexity index is 1860. The molecule has 42 heavy (non-hydrogen) atoms. The molecule has 2 amide bonds. The van der Waals surface area contributed by atoms with Gasteiger partial charge in [0.1, 0.15) is 17.5 Å². The number of H-pyrrole nitrogens is 1. The van der Waals surface area contributed by atoms with Crippen LogP contribution in [0.2, 0.25) is 0 Å². The van der Waals surface area contributed by atoms with Crippen LogP contribution in [0.3, 0.4) is 0 Å². The average Bonchev–Trinajstić information content (AvgIpc) is 3.52. The van der Waals surface area contributed by atoms with Gasteiger partial charge in [0, 0.05) is 24.5 Å². The minimum atomic E-state index is -5.18. The van der Waals surface area contributed by atoms with Crippen molar-refractivity contribution in [2.75, 3.05) is 7.05 Å². The van der Waals surface area contributed by atoms with Gasteiger partial charge in [-0.15, -0.1) is 0 Å². The number of aromatic nitrogens is 2. The van der Waals surface area contributed by atoms with E-state index in [0.29, 0.717) is 12.2 Å². The van der Waals surface area contributed by atoms with Gasteiger partial charge in [-0.05, 0) is 17.7 Å². The molecule has 0 aromatic carbocycles. The topological polar surface area (TPSA) is 254 Å². The van der Waals surface area contributed by atoms with Gasteiger partial charge < -0.3 is 9.26 Å². The molecule has 16 nitrogen and oxygen atoms in total. The van der Waals surface area contributed by atoms with Crippen molar-refractivity contribution in [3.63, 3.8) is 0 Å². The van der Waals surface area contributed by atoms with Crippen LogP contribution in [0.1, 0.15) is 14.9 Å².